The van der Waals surface area contributed by atoms with Crippen molar-refractivity contribution in [2.75, 3.05) is 13.1 Å². The maximum absolute atomic E-state index is 11.4. The van der Waals surface area contributed by atoms with Crippen LogP contribution in [0.3, 0.4) is 0 Å². The third kappa shape index (κ3) is 6.58. The maximum Gasteiger partial charge on any atom is 0.222 e. The molecule has 0 aromatic carbocycles. The lowest BCUT2D eigenvalue weighted by Gasteiger charge is -2.12. The second-order valence-electron chi connectivity index (χ2n) is 3.97. The molecular weight excluding hydrogens is 164 g/mol. The van der Waals surface area contributed by atoms with Crippen molar-refractivity contribution >= 4 is 5.91 Å². The standard InChI is InChI=1S/C10H22N2O/c1-8(2)7-12-10(13)9(3)5-4-6-11/h8-9H,4-7,11H2,1-3H3,(H,12,13). The molecule has 0 rings (SSSR count). The Morgan fingerprint density at radius 2 is 2.00 bits per heavy atom. The van der Waals surface area contributed by atoms with Crippen molar-refractivity contribution < 1.29 is 4.79 Å². The van der Waals surface area contributed by atoms with Crippen LogP contribution in [0.4, 0.5) is 0 Å². The van der Waals surface area contributed by atoms with Gasteiger partial charge in [-0.2, -0.15) is 0 Å². The lowest BCUT2D eigenvalue weighted by atomic mass is 10.0. The van der Waals surface area contributed by atoms with E-state index in [0.29, 0.717) is 12.5 Å². The minimum absolute atomic E-state index is 0.0994. The van der Waals surface area contributed by atoms with Crippen LogP contribution in [0.1, 0.15) is 33.6 Å². The normalized spacial score (nSPS) is 13.0. The van der Waals surface area contributed by atoms with Gasteiger partial charge in [-0.1, -0.05) is 20.8 Å². The average molecular weight is 186 g/mol. The zero-order valence-corrected chi connectivity index (χ0v) is 8.97. The Kier molecular flexibility index (Phi) is 6.59. The first-order valence-electron chi connectivity index (χ1n) is 5.05. The van der Waals surface area contributed by atoms with Gasteiger partial charge in [0, 0.05) is 12.5 Å². The van der Waals surface area contributed by atoms with Crippen LogP contribution in [0, 0.1) is 11.8 Å². The van der Waals surface area contributed by atoms with E-state index in [2.05, 4.69) is 19.2 Å². The number of carbonyl (C=O) groups excluding carboxylic acids is 1. The van der Waals surface area contributed by atoms with Crippen LogP contribution in [0.15, 0.2) is 0 Å². The Labute approximate surface area is 81.1 Å². The van der Waals surface area contributed by atoms with Crippen molar-refractivity contribution in [2.24, 2.45) is 17.6 Å². The number of amides is 1. The molecule has 78 valence electrons. The minimum Gasteiger partial charge on any atom is -0.356 e. The van der Waals surface area contributed by atoms with Crippen LogP contribution in [-0.4, -0.2) is 19.0 Å². The first-order chi connectivity index (χ1) is 6.07. The van der Waals surface area contributed by atoms with Gasteiger partial charge >= 0.3 is 0 Å². The molecule has 0 heterocycles. The molecule has 0 radical (unpaired) electrons. The third-order valence-corrected chi connectivity index (χ3v) is 1.97. The van der Waals surface area contributed by atoms with Gasteiger partial charge in [0.25, 0.3) is 0 Å². The summed E-state index contributed by atoms with van der Waals surface area (Å²) >= 11 is 0. The summed E-state index contributed by atoms with van der Waals surface area (Å²) in [4.78, 5) is 11.4. The summed E-state index contributed by atoms with van der Waals surface area (Å²) in [6.07, 6.45) is 1.82. The number of hydrogen-bond acceptors (Lipinski definition) is 2. The Balaban J connectivity index is 3.57. The van der Waals surface area contributed by atoms with E-state index in [1.807, 2.05) is 6.92 Å². The molecule has 3 heteroatoms. The van der Waals surface area contributed by atoms with Crippen LogP contribution in [-0.2, 0) is 4.79 Å². The summed E-state index contributed by atoms with van der Waals surface area (Å²) in [7, 11) is 0. The SMILES string of the molecule is CC(C)CNC(=O)C(C)CCCN. The Hall–Kier alpha value is -0.570. The highest BCUT2D eigenvalue weighted by molar-refractivity contribution is 5.78. The molecule has 0 fully saturated rings. The fourth-order valence-corrected chi connectivity index (χ4v) is 1.03. The van der Waals surface area contributed by atoms with Gasteiger partial charge < -0.3 is 11.1 Å². The zero-order chi connectivity index (χ0) is 10.3. The second kappa shape index (κ2) is 6.89. The van der Waals surface area contributed by atoms with Gasteiger partial charge in [0.05, 0.1) is 0 Å². The van der Waals surface area contributed by atoms with Crippen molar-refractivity contribution in [1.82, 2.24) is 5.32 Å². The van der Waals surface area contributed by atoms with Crippen LogP contribution < -0.4 is 11.1 Å². The lowest BCUT2D eigenvalue weighted by Crippen LogP contribution is -2.32. The number of hydrogen-bond donors (Lipinski definition) is 2. The largest absolute Gasteiger partial charge is 0.356 e. The quantitative estimate of drug-likeness (QED) is 0.653. The van der Waals surface area contributed by atoms with Gasteiger partial charge in [-0.15, -0.1) is 0 Å². The number of nitrogens with two attached hydrogens (primary N) is 1. The molecule has 0 spiro atoms. The smallest absolute Gasteiger partial charge is 0.222 e. The molecule has 1 atom stereocenters. The Morgan fingerprint density at radius 1 is 1.38 bits per heavy atom. The molecule has 1 amide bonds. The Bertz CT molecular complexity index is 146. The highest BCUT2D eigenvalue weighted by Gasteiger charge is 2.11. The predicted octanol–water partition coefficient (Wildman–Crippen LogP) is 1.13. The van der Waals surface area contributed by atoms with Crippen molar-refractivity contribution in [2.45, 2.75) is 33.6 Å². The highest BCUT2D eigenvalue weighted by atomic mass is 16.1. The Morgan fingerprint density at radius 3 is 2.46 bits per heavy atom. The van der Waals surface area contributed by atoms with Crippen molar-refractivity contribution in [1.29, 1.82) is 0 Å². The van der Waals surface area contributed by atoms with E-state index < -0.39 is 0 Å². The molecule has 13 heavy (non-hydrogen) atoms. The fourth-order valence-electron chi connectivity index (χ4n) is 1.03. The van der Waals surface area contributed by atoms with E-state index in [1.165, 1.54) is 0 Å². The van der Waals surface area contributed by atoms with E-state index in [1.54, 1.807) is 0 Å². The van der Waals surface area contributed by atoms with Crippen molar-refractivity contribution in [3.8, 4) is 0 Å². The first kappa shape index (κ1) is 12.4. The van der Waals surface area contributed by atoms with Crippen LogP contribution in [0.25, 0.3) is 0 Å². The van der Waals surface area contributed by atoms with E-state index in [4.69, 9.17) is 5.73 Å². The van der Waals surface area contributed by atoms with E-state index in [-0.39, 0.29) is 11.8 Å². The van der Waals surface area contributed by atoms with Gasteiger partial charge in [-0.25, -0.2) is 0 Å². The van der Waals surface area contributed by atoms with E-state index in [0.717, 1.165) is 19.4 Å². The van der Waals surface area contributed by atoms with Crippen molar-refractivity contribution in [3.63, 3.8) is 0 Å². The van der Waals surface area contributed by atoms with Gasteiger partial charge in [0.15, 0.2) is 0 Å². The lowest BCUT2D eigenvalue weighted by molar-refractivity contribution is -0.124. The molecular formula is C10H22N2O. The molecule has 3 N–H and O–H groups in total. The maximum atomic E-state index is 11.4. The monoisotopic (exact) mass is 186 g/mol. The summed E-state index contributed by atoms with van der Waals surface area (Å²) in [5, 5.41) is 2.91. The number of carbonyl (C=O) groups is 1. The number of rotatable bonds is 6. The first-order valence-corrected chi connectivity index (χ1v) is 5.05. The average Bonchev–Trinajstić information content (AvgIpc) is 2.10. The molecule has 0 aromatic rings. The topological polar surface area (TPSA) is 55.1 Å². The van der Waals surface area contributed by atoms with Crippen LogP contribution >= 0.6 is 0 Å². The van der Waals surface area contributed by atoms with E-state index in [9.17, 15) is 4.79 Å². The molecule has 1 unspecified atom stereocenters. The van der Waals surface area contributed by atoms with Crippen LogP contribution in [0.2, 0.25) is 0 Å². The molecule has 0 aliphatic rings. The van der Waals surface area contributed by atoms with E-state index >= 15 is 0 Å². The summed E-state index contributed by atoms with van der Waals surface area (Å²) < 4.78 is 0. The molecule has 0 aromatic heterocycles. The molecule has 0 saturated carbocycles. The third-order valence-electron chi connectivity index (χ3n) is 1.97. The summed E-state index contributed by atoms with van der Waals surface area (Å²) in [6.45, 7) is 7.56. The molecule has 0 aliphatic heterocycles. The van der Waals surface area contributed by atoms with Gasteiger partial charge in [-0.05, 0) is 25.3 Å². The molecule has 0 aliphatic carbocycles. The summed E-state index contributed by atoms with van der Waals surface area (Å²) in [5.41, 5.74) is 5.37. The van der Waals surface area contributed by atoms with Gasteiger partial charge in [0.1, 0.15) is 0 Å². The molecule has 3 nitrogen and oxygen atoms in total. The summed E-state index contributed by atoms with van der Waals surface area (Å²) in [6, 6.07) is 0. The van der Waals surface area contributed by atoms with Crippen molar-refractivity contribution in [3.05, 3.63) is 0 Å². The zero-order valence-electron chi connectivity index (χ0n) is 8.97. The fraction of sp³-hybridized carbons (Fsp3) is 0.900. The molecule has 0 saturated heterocycles. The second-order valence-corrected chi connectivity index (χ2v) is 3.97. The van der Waals surface area contributed by atoms with Crippen LogP contribution in [0.5, 0.6) is 0 Å². The van der Waals surface area contributed by atoms with Gasteiger partial charge in [0.2, 0.25) is 5.91 Å². The summed E-state index contributed by atoms with van der Waals surface area (Å²) in [5.74, 6) is 0.773. The predicted molar refractivity (Wildman–Crippen MR) is 55.3 cm³/mol. The molecule has 0 bridgehead atoms. The highest BCUT2D eigenvalue weighted by Crippen LogP contribution is 2.04. The minimum atomic E-state index is 0.0994. The number of nitrogens with one attached hydrogen (secondary N) is 1. The van der Waals surface area contributed by atoms with Gasteiger partial charge in [-0.3, -0.25) is 4.79 Å².